The van der Waals surface area contributed by atoms with E-state index < -0.39 is 0 Å². The predicted octanol–water partition coefficient (Wildman–Crippen LogP) is 1.30. The number of nitrogens with zero attached hydrogens (tertiary/aromatic N) is 2. The van der Waals surface area contributed by atoms with Crippen LogP contribution in [0.4, 0.5) is 0 Å². The van der Waals surface area contributed by atoms with Crippen molar-refractivity contribution in [2.24, 2.45) is 11.3 Å². The summed E-state index contributed by atoms with van der Waals surface area (Å²) in [6, 6.07) is 0. The van der Waals surface area contributed by atoms with Gasteiger partial charge in [0.05, 0.1) is 0 Å². The molecule has 3 nitrogen and oxygen atoms in total. The molecule has 2 rings (SSSR count). The number of hydrogen-bond donors (Lipinski definition) is 1. The van der Waals surface area contributed by atoms with E-state index in [4.69, 9.17) is 5.84 Å². The maximum atomic E-state index is 5.79. The second-order valence-electron chi connectivity index (χ2n) is 4.52. The first-order chi connectivity index (χ1) is 6.70. The Kier molecular flexibility index (Phi) is 4.35. The van der Waals surface area contributed by atoms with Crippen molar-refractivity contribution < 1.29 is 0 Å². The Hall–Kier alpha value is -0.120. The first kappa shape index (κ1) is 12.0. The summed E-state index contributed by atoms with van der Waals surface area (Å²) in [5.74, 6) is 5.79. The topological polar surface area (TPSA) is 32.5 Å². The molecule has 2 heterocycles. The summed E-state index contributed by atoms with van der Waals surface area (Å²) in [6.45, 7) is 8.74. The summed E-state index contributed by atoms with van der Waals surface area (Å²) in [4.78, 5) is 2.42. The summed E-state index contributed by atoms with van der Waals surface area (Å²) in [5.41, 5.74) is 0.585. The van der Waals surface area contributed by atoms with Crippen molar-refractivity contribution in [1.82, 2.24) is 9.91 Å². The molecule has 14 heavy (non-hydrogen) atoms. The monoisotopic (exact) mass is 199 g/mol. The van der Waals surface area contributed by atoms with Gasteiger partial charge in [0, 0.05) is 13.1 Å². The van der Waals surface area contributed by atoms with Gasteiger partial charge < -0.3 is 4.90 Å². The van der Waals surface area contributed by atoms with Crippen molar-refractivity contribution in [2.75, 3.05) is 33.2 Å². The third kappa shape index (κ3) is 2.69. The van der Waals surface area contributed by atoms with Crippen molar-refractivity contribution in [3.05, 3.63) is 0 Å². The number of nitrogens with two attached hydrogens (primary N) is 1. The van der Waals surface area contributed by atoms with Gasteiger partial charge in [0.25, 0.3) is 0 Å². The van der Waals surface area contributed by atoms with E-state index in [-0.39, 0.29) is 0 Å². The van der Waals surface area contributed by atoms with Crippen LogP contribution in [0.15, 0.2) is 0 Å². The fourth-order valence-corrected chi connectivity index (χ4v) is 2.47. The molecule has 2 aliphatic rings. The van der Waals surface area contributed by atoms with E-state index in [1.165, 1.54) is 32.4 Å². The second kappa shape index (κ2) is 5.10. The molecule has 84 valence electrons. The number of hydrogen-bond acceptors (Lipinski definition) is 3. The Balaban J connectivity index is 0.000000461. The van der Waals surface area contributed by atoms with Gasteiger partial charge in [0.2, 0.25) is 0 Å². The van der Waals surface area contributed by atoms with Crippen LogP contribution in [0.5, 0.6) is 0 Å². The molecule has 0 aliphatic carbocycles. The molecule has 0 aromatic heterocycles. The van der Waals surface area contributed by atoms with E-state index in [1.807, 2.05) is 18.9 Å². The third-order valence-corrected chi connectivity index (χ3v) is 3.52. The Morgan fingerprint density at radius 2 is 1.50 bits per heavy atom. The molecule has 3 heteroatoms. The molecule has 2 fully saturated rings. The largest absolute Gasteiger partial charge is 0.306 e. The molecule has 2 saturated heterocycles. The molecule has 2 N–H and O–H groups in total. The van der Waals surface area contributed by atoms with Gasteiger partial charge in [0.15, 0.2) is 0 Å². The van der Waals surface area contributed by atoms with E-state index in [1.54, 1.807) is 0 Å². The molecular formula is C11H25N3. The van der Waals surface area contributed by atoms with Gasteiger partial charge >= 0.3 is 0 Å². The lowest BCUT2D eigenvalue weighted by molar-refractivity contribution is 0.126. The predicted molar refractivity (Wildman–Crippen MR) is 60.9 cm³/mol. The van der Waals surface area contributed by atoms with Crippen LogP contribution in [0.1, 0.15) is 33.1 Å². The SMILES string of the molecule is CC.CN1CCC2(CC1)CCN(N)C2. The van der Waals surface area contributed by atoms with Gasteiger partial charge in [-0.2, -0.15) is 0 Å². The van der Waals surface area contributed by atoms with Crippen molar-refractivity contribution >= 4 is 0 Å². The zero-order valence-corrected chi connectivity index (χ0v) is 9.92. The highest BCUT2D eigenvalue weighted by atomic mass is 15.4. The minimum Gasteiger partial charge on any atom is -0.306 e. The van der Waals surface area contributed by atoms with Crippen molar-refractivity contribution in [2.45, 2.75) is 33.1 Å². The lowest BCUT2D eigenvalue weighted by Crippen LogP contribution is -2.40. The molecule has 0 aromatic carbocycles. The average molecular weight is 199 g/mol. The van der Waals surface area contributed by atoms with Crippen LogP contribution in [-0.2, 0) is 0 Å². The van der Waals surface area contributed by atoms with Crippen LogP contribution in [0.25, 0.3) is 0 Å². The summed E-state index contributed by atoms with van der Waals surface area (Å²) in [7, 11) is 2.21. The van der Waals surface area contributed by atoms with Crippen LogP contribution in [-0.4, -0.2) is 43.1 Å². The molecule has 0 saturated carbocycles. The highest BCUT2D eigenvalue weighted by Gasteiger charge is 2.38. The average Bonchev–Trinajstić information content (AvgIpc) is 2.57. The fourth-order valence-electron chi connectivity index (χ4n) is 2.47. The zero-order chi connectivity index (χ0) is 10.6. The smallest absolute Gasteiger partial charge is 0.0186 e. The van der Waals surface area contributed by atoms with Gasteiger partial charge in [-0.3, -0.25) is 5.84 Å². The van der Waals surface area contributed by atoms with Gasteiger partial charge in [-0.1, -0.05) is 13.8 Å². The summed E-state index contributed by atoms with van der Waals surface area (Å²) in [6.07, 6.45) is 4.01. The lowest BCUT2D eigenvalue weighted by atomic mass is 9.78. The summed E-state index contributed by atoms with van der Waals surface area (Å²) >= 11 is 0. The maximum Gasteiger partial charge on any atom is 0.0186 e. The van der Waals surface area contributed by atoms with E-state index >= 15 is 0 Å². The maximum absolute atomic E-state index is 5.79. The first-order valence-corrected chi connectivity index (χ1v) is 5.88. The molecule has 0 unspecified atom stereocenters. The van der Waals surface area contributed by atoms with Gasteiger partial charge in [-0.05, 0) is 44.8 Å². The number of piperidine rings is 1. The number of rotatable bonds is 0. The molecule has 2 aliphatic heterocycles. The van der Waals surface area contributed by atoms with Crippen LogP contribution in [0.2, 0.25) is 0 Å². The van der Waals surface area contributed by atoms with Gasteiger partial charge in [-0.15, -0.1) is 0 Å². The standard InChI is InChI=1S/C9H19N3.C2H6/c1-11-5-2-9(3-6-11)4-7-12(10)8-9;1-2/h2-8,10H2,1H3;1-2H3. The highest BCUT2D eigenvalue weighted by molar-refractivity contribution is 4.91. The van der Waals surface area contributed by atoms with Crippen LogP contribution >= 0.6 is 0 Å². The van der Waals surface area contributed by atoms with Crippen LogP contribution < -0.4 is 5.84 Å². The molecule has 0 atom stereocenters. The third-order valence-electron chi connectivity index (χ3n) is 3.52. The van der Waals surface area contributed by atoms with Crippen molar-refractivity contribution in [3.63, 3.8) is 0 Å². The summed E-state index contributed by atoms with van der Waals surface area (Å²) < 4.78 is 0. The second-order valence-corrected chi connectivity index (χ2v) is 4.52. The first-order valence-electron chi connectivity index (χ1n) is 5.88. The lowest BCUT2D eigenvalue weighted by Gasteiger charge is -2.37. The van der Waals surface area contributed by atoms with Crippen LogP contribution in [0, 0.1) is 5.41 Å². The molecule has 0 aromatic rings. The molecular weight excluding hydrogens is 174 g/mol. The normalized spacial score (nSPS) is 27.4. The minimum absolute atomic E-state index is 0.585. The minimum atomic E-state index is 0.585. The van der Waals surface area contributed by atoms with Gasteiger partial charge in [-0.25, -0.2) is 5.01 Å². The molecule has 1 spiro atoms. The summed E-state index contributed by atoms with van der Waals surface area (Å²) in [5, 5.41) is 1.99. The van der Waals surface area contributed by atoms with Gasteiger partial charge in [0.1, 0.15) is 0 Å². The molecule has 0 amide bonds. The Bertz CT molecular complexity index is 162. The Morgan fingerprint density at radius 3 is 1.93 bits per heavy atom. The number of hydrazine groups is 1. The van der Waals surface area contributed by atoms with E-state index in [0.29, 0.717) is 5.41 Å². The molecule has 0 radical (unpaired) electrons. The van der Waals surface area contributed by atoms with Crippen molar-refractivity contribution in [3.8, 4) is 0 Å². The molecule has 0 bridgehead atoms. The quantitative estimate of drug-likeness (QED) is 0.597. The van der Waals surface area contributed by atoms with E-state index in [9.17, 15) is 0 Å². The number of likely N-dealkylation sites (tertiary alicyclic amines) is 1. The fraction of sp³-hybridized carbons (Fsp3) is 1.00. The van der Waals surface area contributed by atoms with E-state index in [2.05, 4.69) is 11.9 Å². The van der Waals surface area contributed by atoms with Crippen molar-refractivity contribution in [1.29, 1.82) is 0 Å². The Labute approximate surface area is 88.2 Å². The van der Waals surface area contributed by atoms with E-state index in [0.717, 1.165) is 13.1 Å². The zero-order valence-electron chi connectivity index (χ0n) is 9.92. The van der Waals surface area contributed by atoms with Crippen LogP contribution in [0.3, 0.4) is 0 Å². The highest BCUT2D eigenvalue weighted by Crippen LogP contribution is 2.38. The Morgan fingerprint density at radius 1 is 1.00 bits per heavy atom.